The standard InChI is InChI=1S/C19H21BrN6O4S/c1-5-30-19(29)13-9(2)15(16(21)27)31-18(13)22-17(28)12-6-7-25(24-12)8-26-11(4)14(20)10(3)23-26/h6-7H,5,8H2,1-4H3,(H2,21,27)(H,22,28). The smallest absolute Gasteiger partial charge is 0.341 e. The van der Waals surface area contributed by atoms with E-state index >= 15 is 0 Å². The fourth-order valence-electron chi connectivity index (χ4n) is 2.96. The Bertz CT molecular complexity index is 1180. The molecule has 0 atom stereocenters. The van der Waals surface area contributed by atoms with Crippen molar-refractivity contribution in [2.24, 2.45) is 5.73 Å². The van der Waals surface area contributed by atoms with Crippen molar-refractivity contribution >= 4 is 50.1 Å². The molecular formula is C19H21BrN6O4S. The largest absolute Gasteiger partial charge is 0.462 e. The molecular weight excluding hydrogens is 488 g/mol. The summed E-state index contributed by atoms with van der Waals surface area (Å²) in [5.74, 6) is -1.86. The van der Waals surface area contributed by atoms with Gasteiger partial charge in [0.2, 0.25) is 0 Å². The highest BCUT2D eigenvalue weighted by molar-refractivity contribution is 9.10. The van der Waals surface area contributed by atoms with Crippen LogP contribution in [0.5, 0.6) is 0 Å². The lowest BCUT2D eigenvalue weighted by atomic mass is 10.1. The first-order chi connectivity index (χ1) is 14.6. The minimum atomic E-state index is -0.686. The monoisotopic (exact) mass is 508 g/mol. The van der Waals surface area contributed by atoms with Gasteiger partial charge in [0.15, 0.2) is 5.69 Å². The molecule has 0 aromatic carbocycles. The van der Waals surface area contributed by atoms with Gasteiger partial charge in [-0.1, -0.05) is 0 Å². The van der Waals surface area contributed by atoms with E-state index in [1.165, 1.54) is 0 Å². The van der Waals surface area contributed by atoms with E-state index in [0.29, 0.717) is 12.2 Å². The number of amides is 2. The maximum Gasteiger partial charge on any atom is 0.341 e. The van der Waals surface area contributed by atoms with Gasteiger partial charge in [-0.2, -0.15) is 10.2 Å². The van der Waals surface area contributed by atoms with E-state index in [2.05, 4.69) is 31.4 Å². The van der Waals surface area contributed by atoms with Crippen LogP contribution in [0.25, 0.3) is 0 Å². The zero-order valence-corrected chi connectivity index (χ0v) is 19.8. The fraction of sp³-hybridized carbons (Fsp3) is 0.316. The van der Waals surface area contributed by atoms with Gasteiger partial charge >= 0.3 is 5.97 Å². The molecule has 0 unspecified atom stereocenters. The first kappa shape index (κ1) is 22.7. The number of thiophene rings is 1. The average molecular weight is 509 g/mol. The van der Waals surface area contributed by atoms with Crippen LogP contribution in [0.4, 0.5) is 5.00 Å². The van der Waals surface area contributed by atoms with Gasteiger partial charge in [-0.05, 0) is 55.3 Å². The number of aryl methyl sites for hydroxylation is 1. The number of nitrogens with one attached hydrogen (secondary N) is 1. The molecule has 3 heterocycles. The Morgan fingerprint density at radius 2 is 1.97 bits per heavy atom. The highest BCUT2D eigenvalue weighted by Gasteiger charge is 2.26. The van der Waals surface area contributed by atoms with Crippen molar-refractivity contribution in [1.29, 1.82) is 0 Å². The number of aromatic nitrogens is 4. The van der Waals surface area contributed by atoms with Crippen molar-refractivity contribution in [3.8, 4) is 0 Å². The van der Waals surface area contributed by atoms with Gasteiger partial charge in [0, 0.05) is 6.20 Å². The van der Waals surface area contributed by atoms with Crippen molar-refractivity contribution < 1.29 is 19.1 Å². The third kappa shape index (κ3) is 4.54. The number of halogens is 1. The van der Waals surface area contributed by atoms with Gasteiger partial charge in [0.05, 0.1) is 32.9 Å². The number of esters is 1. The Labute approximate surface area is 190 Å². The molecule has 12 heteroatoms. The van der Waals surface area contributed by atoms with E-state index in [0.717, 1.165) is 27.2 Å². The molecule has 2 amide bonds. The summed E-state index contributed by atoms with van der Waals surface area (Å²) < 4.78 is 9.30. The molecule has 0 bridgehead atoms. The number of rotatable bonds is 7. The second-order valence-corrected chi connectivity index (χ2v) is 8.48. The Hall–Kier alpha value is -2.99. The van der Waals surface area contributed by atoms with Crippen LogP contribution < -0.4 is 11.1 Å². The van der Waals surface area contributed by atoms with Crippen LogP contribution >= 0.6 is 27.3 Å². The summed E-state index contributed by atoms with van der Waals surface area (Å²) in [5, 5.41) is 11.5. The molecule has 3 N–H and O–H groups in total. The second-order valence-electron chi connectivity index (χ2n) is 6.67. The van der Waals surface area contributed by atoms with E-state index in [9.17, 15) is 14.4 Å². The molecule has 164 valence electrons. The van der Waals surface area contributed by atoms with E-state index < -0.39 is 17.8 Å². The zero-order valence-electron chi connectivity index (χ0n) is 17.4. The second kappa shape index (κ2) is 9.02. The summed E-state index contributed by atoms with van der Waals surface area (Å²) in [7, 11) is 0. The molecule has 0 saturated carbocycles. The molecule has 0 aliphatic rings. The van der Waals surface area contributed by atoms with Crippen molar-refractivity contribution in [1.82, 2.24) is 19.6 Å². The van der Waals surface area contributed by atoms with Gasteiger partial charge < -0.3 is 15.8 Å². The van der Waals surface area contributed by atoms with Crippen LogP contribution in [-0.4, -0.2) is 44.0 Å². The number of carbonyl (C=O) groups excluding carboxylic acids is 3. The van der Waals surface area contributed by atoms with Gasteiger partial charge in [0.1, 0.15) is 11.7 Å². The molecule has 3 aromatic heterocycles. The Kier molecular flexibility index (Phi) is 6.60. The molecule has 10 nitrogen and oxygen atoms in total. The molecule has 31 heavy (non-hydrogen) atoms. The number of ether oxygens (including phenoxy) is 1. The van der Waals surface area contributed by atoms with Crippen LogP contribution in [0.15, 0.2) is 16.7 Å². The van der Waals surface area contributed by atoms with Crippen molar-refractivity contribution in [3.63, 3.8) is 0 Å². The average Bonchev–Trinajstić information content (AvgIpc) is 3.36. The number of anilines is 1. The number of nitrogens with zero attached hydrogens (tertiary/aromatic N) is 4. The van der Waals surface area contributed by atoms with Gasteiger partial charge in [-0.15, -0.1) is 11.3 Å². The number of nitrogens with two attached hydrogens (primary N) is 1. The lowest BCUT2D eigenvalue weighted by Crippen LogP contribution is -2.17. The minimum Gasteiger partial charge on any atom is -0.462 e. The van der Waals surface area contributed by atoms with E-state index in [-0.39, 0.29) is 27.7 Å². The first-order valence-corrected chi connectivity index (χ1v) is 10.9. The molecule has 0 saturated heterocycles. The van der Waals surface area contributed by atoms with E-state index in [1.807, 2.05) is 13.8 Å². The van der Waals surface area contributed by atoms with Gasteiger partial charge in [-0.3, -0.25) is 14.3 Å². The van der Waals surface area contributed by atoms with Crippen LogP contribution in [0, 0.1) is 20.8 Å². The van der Waals surface area contributed by atoms with Crippen molar-refractivity contribution in [2.75, 3.05) is 11.9 Å². The summed E-state index contributed by atoms with van der Waals surface area (Å²) in [6.07, 6.45) is 1.65. The summed E-state index contributed by atoms with van der Waals surface area (Å²) >= 11 is 4.41. The zero-order chi connectivity index (χ0) is 22.9. The lowest BCUT2D eigenvalue weighted by Gasteiger charge is -2.06. The third-order valence-electron chi connectivity index (χ3n) is 4.52. The molecule has 0 spiro atoms. The predicted molar refractivity (Wildman–Crippen MR) is 119 cm³/mol. The molecule has 0 fully saturated rings. The normalized spacial score (nSPS) is 10.9. The molecule has 0 aliphatic heterocycles. The first-order valence-electron chi connectivity index (χ1n) is 9.28. The minimum absolute atomic E-state index is 0.112. The lowest BCUT2D eigenvalue weighted by molar-refractivity contribution is 0.0527. The van der Waals surface area contributed by atoms with Crippen LogP contribution in [0.2, 0.25) is 0 Å². The maximum atomic E-state index is 12.7. The summed E-state index contributed by atoms with van der Waals surface area (Å²) in [5.41, 5.74) is 7.80. The number of hydrogen-bond donors (Lipinski definition) is 2. The number of carbonyl (C=O) groups is 3. The Morgan fingerprint density at radius 1 is 1.26 bits per heavy atom. The molecule has 0 aliphatic carbocycles. The molecule has 3 aromatic rings. The van der Waals surface area contributed by atoms with Gasteiger partial charge in [0.25, 0.3) is 11.8 Å². The van der Waals surface area contributed by atoms with Crippen molar-refractivity contribution in [2.45, 2.75) is 34.4 Å². The third-order valence-corrected chi connectivity index (χ3v) is 6.89. The van der Waals surface area contributed by atoms with E-state index in [4.69, 9.17) is 10.5 Å². The Morgan fingerprint density at radius 3 is 2.55 bits per heavy atom. The van der Waals surface area contributed by atoms with Crippen LogP contribution in [0.1, 0.15) is 54.4 Å². The summed E-state index contributed by atoms with van der Waals surface area (Å²) in [4.78, 5) is 37.0. The SMILES string of the molecule is CCOC(=O)c1c(NC(=O)c2ccn(Cn3nc(C)c(Br)c3C)n2)sc(C(N)=O)c1C. The highest BCUT2D eigenvalue weighted by Crippen LogP contribution is 2.33. The predicted octanol–water partition coefficient (Wildman–Crippen LogP) is 2.86. The van der Waals surface area contributed by atoms with Crippen LogP contribution in [0.3, 0.4) is 0 Å². The quantitative estimate of drug-likeness (QED) is 0.471. The maximum absolute atomic E-state index is 12.7. The number of hydrogen-bond acceptors (Lipinski definition) is 7. The van der Waals surface area contributed by atoms with Crippen molar-refractivity contribution in [3.05, 3.63) is 49.8 Å². The highest BCUT2D eigenvalue weighted by atomic mass is 79.9. The van der Waals surface area contributed by atoms with E-state index in [1.54, 1.807) is 35.5 Å². The molecule has 0 radical (unpaired) electrons. The molecule has 3 rings (SSSR count). The summed E-state index contributed by atoms with van der Waals surface area (Å²) in [6.45, 7) is 7.54. The number of primary amides is 1. The topological polar surface area (TPSA) is 134 Å². The fourth-order valence-corrected chi connectivity index (χ4v) is 4.29. The van der Waals surface area contributed by atoms with Crippen LogP contribution in [-0.2, 0) is 11.4 Å². The van der Waals surface area contributed by atoms with Gasteiger partial charge in [-0.25, -0.2) is 9.48 Å². The Balaban J connectivity index is 1.83. The summed E-state index contributed by atoms with van der Waals surface area (Å²) in [6, 6.07) is 1.55.